The second-order valence-corrected chi connectivity index (χ2v) is 26.7. The van der Waals surface area contributed by atoms with E-state index in [0.29, 0.717) is 95.0 Å². The van der Waals surface area contributed by atoms with E-state index in [-0.39, 0.29) is 110 Å². The molecule has 0 saturated heterocycles. The molecule has 4 aromatic heterocycles. The number of para-hydroxylation sites is 12. The Morgan fingerprint density at radius 3 is 0.761 bits per heavy atom. The monoisotopic (exact) mass is 1420 g/mol. The highest BCUT2D eigenvalue weighted by Gasteiger charge is 2.44. The zero-order chi connectivity index (χ0) is 99.2. The smallest absolute Gasteiger partial charge is 0.252 e. The molecule has 0 spiro atoms. The molecule has 2 aliphatic rings. The van der Waals surface area contributed by atoms with Crippen LogP contribution in [0, 0.1) is 0 Å². The summed E-state index contributed by atoms with van der Waals surface area (Å²) >= 11 is 0. The molecule has 0 bridgehead atoms. The van der Waals surface area contributed by atoms with E-state index in [0.717, 1.165) is 0 Å². The van der Waals surface area contributed by atoms with Gasteiger partial charge in [-0.1, -0.05) is 272 Å². The summed E-state index contributed by atoms with van der Waals surface area (Å²) < 4.78 is 303. The fourth-order valence-corrected chi connectivity index (χ4v) is 16.7. The van der Waals surface area contributed by atoms with E-state index in [9.17, 15) is 27.4 Å². The predicted octanol–water partition coefficient (Wildman–Crippen LogP) is 24.8. The summed E-state index contributed by atoms with van der Waals surface area (Å²) in [4.78, 5) is 4.05. The summed E-state index contributed by atoms with van der Waals surface area (Å²) in [6, 6.07) is 41.3. The first-order valence-electron chi connectivity index (χ1n) is 51.1. The van der Waals surface area contributed by atoms with Crippen LogP contribution in [0.2, 0.25) is 0 Å². The van der Waals surface area contributed by atoms with Crippen molar-refractivity contribution in [2.24, 2.45) is 0 Å². The lowest BCUT2D eigenvalue weighted by molar-refractivity contribution is 1.17. The minimum atomic E-state index is -0.926. The van der Waals surface area contributed by atoms with Crippen LogP contribution in [0.4, 0.5) is 34.1 Å². The van der Waals surface area contributed by atoms with Gasteiger partial charge < -0.3 is 28.1 Å². The quantitative estimate of drug-likeness (QED) is 0.128. The summed E-state index contributed by atoms with van der Waals surface area (Å²) in [5.41, 5.74) is 8.50. The number of aromatic nitrogens is 4. The van der Waals surface area contributed by atoms with Crippen LogP contribution in [0.25, 0.3) is 154 Å². The van der Waals surface area contributed by atoms with Crippen LogP contribution >= 0.6 is 0 Å². The van der Waals surface area contributed by atoms with E-state index >= 15 is 0 Å². The number of fused-ring (bicyclic) bond motifs is 16. The van der Waals surface area contributed by atoms with Crippen molar-refractivity contribution in [2.45, 2.75) is 0 Å². The molecule has 21 aromatic rings. The van der Waals surface area contributed by atoms with Gasteiger partial charge >= 0.3 is 0 Å². The van der Waals surface area contributed by atoms with Gasteiger partial charge in [0.2, 0.25) is 0 Å². The fourth-order valence-electron chi connectivity index (χ4n) is 16.7. The number of hydrogen-bond donors (Lipinski definition) is 0. The molecule has 0 radical (unpaired) electrons. The highest BCUT2D eigenvalue weighted by Crippen LogP contribution is 2.51. The third-order valence-electron chi connectivity index (χ3n) is 21.2. The Balaban J connectivity index is 0.798. The van der Waals surface area contributed by atoms with Gasteiger partial charge in [-0.05, 0) is 160 Å². The maximum atomic E-state index is 9.78. The number of rotatable bonds is 10. The van der Waals surface area contributed by atoms with E-state index in [1.807, 2.05) is 137 Å². The topological polar surface area (TPSA) is 26.2 Å². The maximum Gasteiger partial charge on any atom is 0.252 e. The van der Waals surface area contributed by atoms with Crippen molar-refractivity contribution < 1.29 is 43.9 Å². The molecule has 0 N–H and O–H groups in total. The molecule has 109 heavy (non-hydrogen) atoms. The van der Waals surface area contributed by atoms with Crippen molar-refractivity contribution in [3.05, 3.63) is 394 Å². The van der Waals surface area contributed by atoms with Crippen LogP contribution in [0.15, 0.2) is 394 Å². The Morgan fingerprint density at radius 2 is 0.450 bits per heavy atom. The SMILES string of the molecule is [2H]c1c([2H])c([2H])c2c(c1[2H])c1c([2H])c([2H])c([2H])c([2H])c1n2-c1ccc2c(c1)N(c1ccccc1-c1cccc(-c3ccccc3-n3c4c([2H])c([2H])c([2H])c([2H])c4c4c([2H])c([2H])c([2H])c([2H])c43)c1)c1cccc3c1B2c1ccc(-n2c4c([2H])c([2H])c([2H])c([2H])c4c4c([2H])c([2H])c([2H])c([2H])c42)cc1N3c1ccccc1-c1cccc(-c2ccccc2-n2c3c([2H])c([2H])c([2H])c([2H])c3c3c([2H])c([2H])c([2H])c([2H])c32)c1. The first kappa shape index (κ1) is 37.5. The van der Waals surface area contributed by atoms with E-state index in [4.69, 9.17) is 16.4 Å². The number of hydrogen-bond acceptors (Lipinski definition) is 2. The van der Waals surface area contributed by atoms with Crippen molar-refractivity contribution in [2.75, 3.05) is 9.80 Å². The second-order valence-electron chi connectivity index (χ2n) is 26.7. The molecule has 0 amide bonds. The Kier molecular flexibility index (Phi) is 8.29. The van der Waals surface area contributed by atoms with Gasteiger partial charge in [0.25, 0.3) is 6.71 Å². The van der Waals surface area contributed by atoms with Gasteiger partial charge in [-0.15, -0.1) is 0 Å². The molecule has 7 heteroatoms. The van der Waals surface area contributed by atoms with Crippen LogP contribution in [-0.4, -0.2) is 25.0 Å². The molecule has 0 fully saturated rings. The summed E-state index contributed by atoms with van der Waals surface area (Å²) in [7, 11) is 0. The molecule has 6 heterocycles. The van der Waals surface area contributed by atoms with Crippen LogP contribution < -0.4 is 26.2 Å². The van der Waals surface area contributed by atoms with Gasteiger partial charge in [0.1, 0.15) is 0 Å². The van der Waals surface area contributed by atoms with Crippen LogP contribution in [-0.2, 0) is 0 Å². The van der Waals surface area contributed by atoms with Crippen LogP contribution in [0.3, 0.4) is 0 Å². The molecule has 6 nitrogen and oxygen atoms in total. The Hall–Kier alpha value is -14.4. The van der Waals surface area contributed by atoms with Crippen molar-refractivity contribution in [3.8, 4) is 67.3 Å². The highest BCUT2D eigenvalue weighted by molar-refractivity contribution is 7.00. The molecule has 0 saturated carbocycles. The average molecular weight is 1420 g/mol. The Bertz CT molecular complexity index is 8570. The summed E-state index contributed by atoms with van der Waals surface area (Å²) in [6.07, 6.45) is 0. The van der Waals surface area contributed by atoms with Gasteiger partial charge in [-0.25, -0.2) is 0 Å². The van der Waals surface area contributed by atoms with Gasteiger partial charge in [0.05, 0.1) is 111 Å². The molecular formula is C102H65BN6. The normalized spacial score (nSPS) is 16.6. The van der Waals surface area contributed by atoms with E-state index in [1.165, 1.54) is 18.3 Å². The lowest BCUT2D eigenvalue weighted by atomic mass is 9.33. The highest BCUT2D eigenvalue weighted by atomic mass is 15.2. The molecule has 0 atom stereocenters. The molecule has 2 aliphatic heterocycles. The Morgan fingerprint density at radius 1 is 0.202 bits per heavy atom. The first-order chi connectivity index (χ1) is 67.4. The van der Waals surface area contributed by atoms with Crippen LogP contribution in [0.1, 0.15) is 43.9 Å². The molecule has 0 unspecified atom stereocenters. The molecule has 23 rings (SSSR count). The third-order valence-corrected chi connectivity index (χ3v) is 21.2. The average Bonchev–Trinajstić information content (AvgIpc) is 0.991. The number of nitrogens with zero attached hydrogens (tertiary/aromatic N) is 6. The minimum absolute atomic E-state index is 0.101. The lowest BCUT2D eigenvalue weighted by Crippen LogP contribution is -2.61. The van der Waals surface area contributed by atoms with E-state index in [1.54, 1.807) is 72.8 Å². The second kappa shape index (κ2) is 24.1. The van der Waals surface area contributed by atoms with E-state index in [2.05, 4.69) is 0 Å². The minimum Gasteiger partial charge on any atom is -0.311 e. The fraction of sp³-hybridized carbons (Fsp3) is 0. The van der Waals surface area contributed by atoms with Gasteiger partial charge in [-0.3, -0.25) is 0 Å². The molecule has 17 aromatic carbocycles. The molecular weight excluding hydrogens is 1320 g/mol. The van der Waals surface area contributed by atoms with E-state index < -0.39 is 200 Å². The standard InChI is InChI=1S/C102H65BN6/c1-13-44-86(106-94-52-21-9-40-80(94)81-41-10-22-53-95(81)106)72(32-1)66-28-25-30-68(62-66)74-34-3-15-46-88(74)108-98-56-27-57-99-102(98)103(84-60-58-70(64-100(84)108)104-90-48-17-5-36-76(90)77-37-6-18-49-91(77)104)85-61-59-71(105-92-50-19-7-38-78(92)79-39-8-20-51-93(79)105)65-101(85)109(99)89-47-16-4-35-75(89)69-31-26-29-67(63-69)73-33-2-14-45-87(73)107-96-54-23-11-42-82(96)83-43-12-24-55-97(83)107/h1-65H/i5D,6D,7D,8D,9D,10D,11D,12D,17D,18D,19D,20D,21D,22D,23D,24D,36D,37D,38D,39D,40D,41D,42D,43D,48D,49D,50D,51D,52D,53D,54D,55D. The maximum absolute atomic E-state index is 9.78. The van der Waals surface area contributed by atoms with Gasteiger partial charge in [0.15, 0.2) is 0 Å². The Labute approximate surface area is 675 Å². The lowest BCUT2D eigenvalue weighted by Gasteiger charge is -2.45. The predicted molar refractivity (Wildman–Crippen MR) is 460 cm³/mol. The van der Waals surface area contributed by atoms with Crippen molar-refractivity contribution in [1.82, 2.24) is 18.3 Å². The summed E-state index contributed by atoms with van der Waals surface area (Å²) in [5, 5.41) is -1.23. The largest absolute Gasteiger partial charge is 0.311 e. The zero-order valence-corrected chi connectivity index (χ0v) is 56.8. The van der Waals surface area contributed by atoms with Gasteiger partial charge in [-0.2, -0.15) is 0 Å². The summed E-state index contributed by atoms with van der Waals surface area (Å²) in [5.74, 6) is 0. The first-order valence-corrected chi connectivity index (χ1v) is 35.1. The van der Waals surface area contributed by atoms with Crippen molar-refractivity contribution in [1.29, 1.82) is 0 Å². The molecule has 506 valence electrons. The number of anilines is 6. The van der Waals surface area contributed by atoms with Crippen LogP contribution in [0.5, 0.6) is 0 Å². The van der Waals surface area contributed by atoms with Gasteiger partial charge in [0, 0.05) is 99.5 Å². The number of benzene rings is 17. The van der Waals surface area contributed by atoms with Crippen molar-refractivity contribution in [3.63, 3.8) is 0 Å². The zero-order valence-electron chi connectivity index (χ0n) is 88.8. The van der Waals surface area contributed by atoms with Crippen molar-refractivity contribution >= 4 is 144 Å². The molecule has 0 aliphatic carbocycles. The summed E-state index contributed by atoms with van der Waals surface area (Å²) in [6.45, 7) is -0.926. The third kappa shape index (κ3) is 9.11.